The molecule has 0 bridgehead atoms. The zero-order valence-corrected chi connectivity index (χ0v) is 15.1. The van der Waals surface area contributed by atoms with Crippen molar-refractivity contribution in [1.82, 2.24) is 14.9 Å². The van der Waals surface area contributed by atoms with Gasteiger partial charge in [-0.15, -0.1) is 0 Å². The Labute approximate surface area is 151 Å². The van der Waals surface area contributed by atoms with Crippen LogP contribution in [0.2, 0.25) is 10.0 Å². The molecule has 1 fully saturated rings. The molecule has 1 aromatic carbocycles. The van der Waals surface area contributed by atoms with Crippen LogP contribution in [0.5, 0.6) is 0 Å². The number of nitrogens with zero attached hydrogens (tertiary/aromatic N) is 4. The Balaban J connectivity index is 1.68. The summed E-state index contributed by atoms with van der Waals surface area (Å²) < 4.78 is 0. The van der Waals surface area contributed by atoms with E-state index in [9.17, 15) is 4.79 Å². The minimum atomic E-state index is -0.0127. The Bertz CT molecular complexity index is 773. The maximum Gasteiger partial charge on any atom is 0.257 e. The van der Waals surface area contributed by atoms with E-state index in [1.165, 1.54) is 0 Å². The van der Waals surface area contributed by atoms with Gasteiger partial charge in [-0.1, -0.05) is 23.2 Å². The molecule has 2 aromatic rings. The Hall–Kier alpha value is -1.85. The number of aromatic nitrogens is 2. The van der Waals surface area contributed by atoms with Gasteiger partial charge < -0.3 is 9.80 Å². The summed E-state index contributed by atoms with van der Waals surface area (Å²) in [5, 5.41) is 1.09. The van der Waals surface area contributed by atoms with Gasteiger partial charge in [0, 0.05) is 38.1 Å². The predicted molar refractivity (Wildman–Crippen MR) is 96.1 cm³/mol. The van der Waals surface area contributed by atoms with E-state index >= 15 is 0 Å². The first-order valence-electron chi connectivity index (χ1n) is 7.75. The van der Waals surface area contributed by atoms with Gasteiger partial charge in [0.1, 0.15) is 5.82 Å². The molecule has 0 spiro atoms. The van der Waals surface area contributed by atoms with Crippen LogP contribution >= 0.6 is 23.2 Å². The molecule has 0 radical (unpaired) electrons. The molecule has 1 amide bonds. The van der Waals surface area contributed by atoms with Gasteiger partial charge in [0.25, 0.3) is 5.91 Å². The lowest BCUT2D eigenvalue weighted by atomic mass is 10.2. The van der Waals surface area contributed by atoms with Crippen molar-refractivity contribution < 1.29 is 4.79 Å². The first-order valence-corrected chi connectivity index (χ1v) is 8.51. The van der Waals surface area contributed by atoms with Crippen LogP contribution in [0.4, 0.5) is 5.69 Å². The van der Waals surface area contributed by atoms with E-state index < -0.39 is 0 Å². The molecule has 1 aliphatic rings. The van der Waals surface area contributed by atoms with Crippen LogP contribution < -0.4 is 4.90 Å². The van der Waals surface area contributed by atoms with E-state index in [2.05, 4.69) is 14.9 Å². The van der Waals surface area contributed by atoms with Crippen molar-refractivity contribution in [3.8, 4) is 0 Å². The van der Waals surface area contributed by atoms with Crippen molar-refractivity contribution in [2.75, 3.05) is 31.1 Å². The molecule has 7 heteroatoms. The normalized spacial score (nSPS) is 14.8. The molecular formula is C17H18Cl2N4O. The predicted octanol–water partition coefficient (Wildman–Crippen LogP) is 3.36. The average Bonchev–Trinajstić information content (AvgIpc) is 2.57. The maximum absolute atomic E-state index is 12.7. The molecule has 0 saturated carbocycles. The number of hydrogen-bond donors (Lipinski definition) is 0. The van der Waals surface area contributed by atoms with Crippen molar-refractivity contribution >= 4 is 34.8 Å². The summed E-state index contributed by atoms with van der Waals surface area (Å²) in [5.41, 5.74) is 2.31. The highest BCUT2D eigenvalue weighted by atomic mass is 35.5. The molecule has 126 valence electrons. The number of piperazine rings is 1. The zero-order chi connectivity index (χ0) is 17.3. The van der Waals surface area contributed by atoms with E-state index in [0.29, 0.717) is 34.5 Å². The number of carbonyl (C=O) groups excluding carboxylic acids is 1. The second kappa shape index (κ2) is 6.95. The van der Waals surface area contributed by atoms with Gasteiger partial charge in [-0.3, -0.25) is 4.79 Å². The summed E-state index contributed by atoms with van der Waals surface area (Å²) in [7, 11) is 0. The summed E-state index contributed by atoms with van der Waals surface area (Å²) in [6.07, 6.45) is 1.62. The van der Waals surface area contributed by atoms with Gasteiger partial charge >= 0.3 is 0 Å². The summed E-state index contributed by atoms with van der Waals surface area (Å²) >= 11 is 12.0. The second-order valence-corrected chi connectivity index (χ2v) is 6.61. The third-order valence-corrected chi connectivity index (χ3v) is 4.90. The number of anilines is 1. The van der Waals surface area contributed by atoms with E-state index in [4.69, 9.17) is 23.2 Å². The van der Waals surface area contributed by atoms with Gasteiger partial charge in [0.15, 0.2) is 0 Å². The van der Waals surface area contributed by atoms with Crippen molar-refractivity contribution in [3.63, 3.8) is 0 Å². The van der Waals surface area contributed by atoms with Crippen molar-refractivity contribution in [1.29, 1.82) is 0 Å². The van der Waals surface area contributed by atoms with E-state index in [-0.39, 0.29) is 5.91 Å². The van der Waals surface area contributed by atoms with Gasteiger partial charge in [-0.2, -0.15) is 0 Å². The van der Waals surface area contributed by atoms with Gasteiger partial charge in [0.05, 0.1) is 21.3 Å². The third-order valence-electron chi connectivity index (χ3n) is 4.17. The highest BCUT2D eigenvalue weighted by Gasteiger charge is 2.24. The molecule has 1 aliphatic heterocycles. The molecule has 0 atom stereocenters. The number of aryl methyl sites for hydroxylation is 2. The monoisotopic (exact) mass is 364 g/mol. The molecule has 3 rings (SSSR count). The minimum absolute atomic E-state index is 0.0127. The van der Waals surface area contributed by atoms with Crippen LogP contribution in [0.1, 0.15) is 21.9 Å². The van der Waals surface area contributed by atoms with E-state index in [0.717, 1.165) is 24.5 Å². The summed E-state index contributed by atoms with van der Waals surface area (Å²) in [5.74, 6) is 0.662. The van der Waals surface area contributed by atoms with E-state index in [1.54, 1.807) is 12.3 Å². The molecule has 2 heterocycles. The number of amides is 1. The molecular weight excluding hydrogens is 347 g/mol. The Kier molecular flexibility index (Phi) is 4.92. The molecule has 1 saturated heterocycles. The third kappa shape index (κ3) is 3.47. The maximum atomic E-state index is 12.7. The summed E-state index contributed by atoms with van der Waals surface area (Å²) in [4.78, 5) is 25.1. The highest BCUT2D eigenvalue weighted by Crippen LogP contribution is 2.28. The summed E-state index contributed by atoms with van der Waals surface area (Å²) in [6.45, 7) is 6.44. The zero-order valence-electron chi connectivity index (χ0n) is 13.6. The van der Waals surface area contributed by atoms with Crippen molar-refractivity contribution in [2.24, 2.45) is 0 Å². The molecule has 1 aromatic heterocycles. The quantitative estimate of drug-likeness (QED) is 0.819. The lowest BCUT2D eigenvalue weighted by Crippen LogP contribution is -2.49. The van der Waals surface area contributed by atoms with Crippen LogP contribution in [0, 0.1) is 13.8 Å². The minimum Gasteiger partial charge on any atom is -0.368 e. The Morgan fingerprint density at radius 2 is 1.79 bits per heavy atom. The first kappa shape index (κ1) is 17.0. The SMILES string of the molecule is Cc1ncc(C(=O)N2CCN(c3ccc(Cl)c(Cl)c3)CC2)c(C)n1. The van der Waals surface area contributed by atoms with Gasteiger partial charge in [0.2, 0.25) is 0 Å². The number of carbonyl (C=O) groups is 1. The standard InChI is InChI=1S/C17H18Cl2N4O/c1-11-14(10-20-12(2)21-11)17(24)23-7-5-22(6-8-23)13-3-4-15(18)16(19)9-13/h3-4,9-10H,5-8H2,1-2H3. The van der Waals surface area contributed by atoms with Crippen LogP contribution in [0.25, 0.3) is 0 Å². The fraction of sp³-hybridized carbons (Fsp3) is 0.353. The van der Waals surface area contributed by atoms with Gasteiger partial charge in [-0.05, 0) is 32.0 Å². The van der Waals surface area contributed by atoms with Crippen molar-refractivity contribution in [3.05, 3.63) is 51.5 Å². The topological polar surface area (TPSA) is 49.3 Å². The fourth-order valence-corrected chi connectivity index (χ4v) is 3.11. The Morgan fingerprint density at radius 1 is 1.08 bits per heavy atom. The number of halogens is 2. The number of rotatable bonds is 2. The summed E-state index contributed by atoms with van der Waals surface area (Å²) in [6, 6.07) is 5.60. The van der Waals surface area contributed by atoms with Crippen LogP contribution in [-0.4, -0.2) is 47.0 Å². The average molecular weight is 365 g/mol. The molecule has 24 heavy (non-hydrogen) atoms. The van der Waals surface area contributed by atoms with Crippen molar-refractivity contribution in [2.45, 2.75) is 13.8 Å². The van der Waals surface area contributed by atoms with E-state index in [1.807, 2.05) is 30.9 Å². The van der Waals surface area contributed by atoms with Crippen LogP contribution in [-0.2, 0) is 0 Å². The lowest BCUT2D eigenvalue weighted by molar-refractivity contribution is 0.0745. The second-order valence-electron chi connectivity index (χ2n) is 5.79. The van der Waals surface area contributed by atoms with Crippen LogP contribution in [0.3, 0.4) is 0 Å². The fourth-order valence-electron chi connectivity index (χ4n) is 2.81. The molecule has 0 unspecified atom stereocenters. The number of benzene rings is 1. The molecule has 0 N–H and O–H groups in total. The largest absolute Gasteiger partial charge is 0.368 e. The Morgan fingerprint density at radius 3 is 2.42 bits per heavy atom. The molecule has 5 nitrogen and oxygen atoms in total. The smallest absolute Gasteiger partial charge is 0.257 e. The lowest BCUT2D eigenvalue weighted by Gasteiger charge is -2.36. The highest BCUT2D eigenvalue weighted by molar-refractivity contribution is 6.42. The van der Waals surface area contributed by atoms with Crippen LogP contribution in [0.15, 0.2) is 24.4 Å². The molecule has 0 aliphatic carbocycles. The first-order chi connectivity index (χ1) is 11.5. The number of hydrogen-bond acceptors (Lipinski definition) is 4. The van der Waals surface area contributed by atoms with Gasteiger partial charge in [-0.25, -0.2) is 9.97 Å².